The number of carbonyl (C=O) groups excluding carboxylic acids is 2. The van der Waals surface area contributed by atoms with E-state index in [0.29, 0.717) is 6.42 Å². The summed E-state index contributed by atoms with van der Waals surface area (Å²) in [6.45, 7) is 0. The van der Waals surface area contributed by atoms with Crippen molar-refractivity contribution in [2.24, 2.45) is 0 Å². The summed E-state index contributed by atoms with van der Waals surface area (Å²) in [6.07, 6.45) is 15.6. The number of hydrogen-bond donors (Lipinski definition) is 4. The molecular weight excluding hydrogens is 436 g/mol. The van der Waals surface area contributed by atoms with Gasteiger partial charge in [0.05, 0.1) is 0 Å². The predicted molar refractivity (Wildman–Crippen MR) is 124 cm³/mol. The molecule has 0 spiro atoms. The highest BCUT2D eigenvalue weighted by Gasteiger charge is 2.25. The van der Waals surface area contributed by atoms with Crippen LogP contribution in [0.2, 0.25) is 0 Å². The van der Waals surface area contributed by atoms with Gasteiger partial charge >= 0.3 is 5.97 Å². The number of hydrogen-bond acceptors (Lipinski definition) is 5. The van der Waals surface area contributed by atoms with Crippen LogP contribution >= 0.6 is 0 Å². The monoisotopic (exact) mass is 478 g/mol. The van der Waals surface area contributed by atoms with Crippen LogP contribution in [0.15, 0.2) is 0 Å². The number of amides is 2. The minimum absolute atomic E-state index is 0.218. The van der Waals surface area contributed by atoms with Gasteiger partial charge in [-0.05, 0) is 12.8 Å². The minimum Gasteiger partial charge on any atom is -0.481 e. The van der Waals surface area contributed by atoms with Crippen molar-refractivity contribution in [3.05, 3.63) is 0 Å². The van der Waals surface area contributed by atoms with Crippen LogP contribution in [0, 0.1) is 0 Å². The summed E-state index contributed by atoms with van der Waals surface area (Å²) >= 11 is 0. The first-order valence-electron chi connectivity index (χ1n) is 11.8. The number of carboxylic acids is 1. The second-order valence-electron chi connectivity index (χ2n) is 8.33. The third-order valence-corrected chi connectivity index (χ3v) is 6.07. The molecule has 10 heteroatoms. The third kappa shape index (κ3) is 20.2. The Morgan fingerprint density at radius 3 is 1.44 bits per heavy atom. The van der Waals surface area contributed by atoms with Crippen LogP contribution in [-0.2, 0) is 24.5 Å². The smallest absolute Gasteiger partial charge is 0.303 e. The predicted octanol–water partition coefficient (Wildman–Crippen LogP) is 3.43. The van der Waals surface area contributed by atoms with Crippen molar-refractivity contribution in [1.29, 1.82) is 0 Å². The largest absolute Gasteiger partial charge is 0.481 e. The molecule has 0 fully saturated rings. The summed E-state index contributed by atoms with van der Waals surface area (Å²) in [5.41, 5.74) is 0. The van der Waals surface area contributed by atoms with Gasteiger partial charge in [-0.15, -0.1) is 0 Å². The molecule has 0 aromatic carbocycles. The molecule has 0 saturated heterocycles. The van der Waals surface area contributed by atoms with Crippen molar-refractivity contribution in [3.63, 3.8) is 0 Å². The van der Waals surface area contributed by atoms with Crippen LogP contribution in [0.25, 0.3) is 0 Å². The zero-order valence-corrected chi connectivity index (χ0v) is 20.3. The van der Waals surface area contributed by atoms with Crippen molar-refractivity contribution in [2.75, 3.05) is 12.8 Å². The first-order valence-corrected chi connectivity index (χ1v) is 13.4. The van der Waals surface area contributed by atoms with Crippen molar-refractivity contribution >= 4 is 27.9 Å². The second-order valence-corrected chi connectivity index (χ2v) is 9.82. The Morgan fingerprint density at radius 2 is 1.09 bits per heavy atom. The fraction of sp³-hybridized carbons (Fsp3) is 0.864. The first kappa shape index (κ1) is 30.3. The lowest BCUT2D eigenvalue weighted by Crippen LogP contribution is -2.49. The molecule has 0 aromatic heterocycles. The molecule has 0 rings (SSSR count). The summed E-state index contributed by atoms with van der Waals surface area (Å²) < 4.78 is 30.9. The van der Waals surface area contributed by atoms with Gasteiger partial charge in [-0.25, -0.2) is 0 Å². The number of carboxylic acid groups (broad SMARTS) is 1. The highest BCUT2D eigenvalue weighted by atomic mass is 32.2. The summed E-state index contributed by atoms with van der Waals surface area (Å²) in [5.74, 6) is -2.61. The van der Waals surface area contributed by atoms with Gasteiger partial charge in [0.15, 0.2) is 0 Å². The van der Waals surface area contributed by atoms with Gasteiger partial charge in [0, 0.05) is 19.9 Å². The molecule has 2 amide bonds. The van der Waals surface area contributed by atoms with Crippen molar-refractivity contribution < 1.29 is 32.5 Å². The molecule has 0 aliphatic carbocycles. The molecule has 1 unspecified atom stereocenters. The van der Waals surface area contributed by atoms with E-state index in [2.05, 4.69) is 10.6 Å². The highest BCUT2D eigenvalue weighted by Crippen LogP contribution is 2.13. The molecule has 1 atom stereocenters. The molecular formula is C22H42N2O7S. The molecule has 32 heavy (non-hydrogen) atoms. The Bertz CT molecular complexity index is 638. The minimum atomic E-state index is -4.37. The molecule has 0 aliphatic heterocycles. The van der Waals surface area contributed by atoms with Gasteiger partial charge in [-0.3, -0.25) is 18.9 Å². The Labute approximate surface area is 192 Å². The Morgan fingerprint density at radius 1 is 0.719 bits per heavy atom. The Balaban J connectivity index is 3.56. The summed E-state index contributed by atoms with van der Waals surface area (Å²) in [4.78, 5) is 34.0. The van der Waals surface area contributed by atoms with Crippen LogP contribution in [-0.4, -0.2) is 54.7 Å². The van der Waals surface area contributed by atoms with Gasteiger partial charge in [-0.1, -0.05) is 77.0 Å². The first-order chi connectivity index (χ1) is 15.2. The maximum atomic E-state index is 11.9. The average Bonchev–Trinajstić information content (AvgIpc) is 2.71. The molecule has 4 N–H and O–H groups in total. The average molecular weight is 479 g/mol. The number of unbranched alkanes of at least 4 members (excludes halogenated alkanes) is 13. The highest BCUT2D eigenvalue weighted by molar-refractivity contribution is 7.85. The van der Waals surface area contributed by atoms with Gasteiger partial charge in [0.2, 0.25) is 11.8 Å². The topological polar surface area (TPSA) is 150 Å². The van der Waals surface area contributed by atoms with E-state index >= 15 is 0 Å². The van der Waals surface area contributed by atoms with Crippen LogP contribution < -0.4 is 10.6 Å². The molecule has 0 radical (unpaired) electrons. The third-order valence-electron chi connectivity index (χ3n) is 5.32. The van der Waals surface area contributed by atoms with E-state index < -0.39 is 39.7 Å². The summed E-state index contributed by atoms with van der Waals surface area (Å²) in [7, 11) is -3.04. The molecule has 9 nitrogen and oxygen atoms in total. The zero-order valence-electron chi connectivity index (χ0n) is 19.4. The molecule has 0 aliphatic rings. The van der Waals surface area contributed by atoms with Gasteiger partial charge in [0.25, 0.3) is 10.1 Å². The molecule has 188 valence electrons. The fourth-order valence-electron chi connectivity index (χ4n) is 3.52. The fourth-order valence-corrected chi connectivity index (χ4v) is 4.17. The van der Waals surface area contributed by atoms with Crippen molar-refractivity contribution in [1.82, 2.24) is 10.6 Å². The van der Waals surface area contributed by atoms with E-state index in [1.165, 1.54) is 52.0 Å². The van der Waals surface area contributed by atoms with Gasteiger partial charge in [0.1, 0.15) is 11.8 Å². The maximum Gasteiger partial charge on any atom is 0.303 e. The summed E-state index contributed by atoms with van der Waals surface area (Å²) in [6, 6.07) is -1.29. The molecule has 0 saturated carbocycles. The van der Waals surface area contributed by atoms with Crippen LogP contribution in [0.3, 0.4) is 0 Å². The van der Waals surface area contributed by atoms with Gasteiger partial charge in [-0.2, -0.15) is 8.42 Å². The normalized spacial score (nSPS) is 12.3. The number of carbonyl (C=O) groups is 3. The lowest BCUT2D eigenvalue weighted by molar-refractivity contribution is -0.137. The standard InChI is InChI=1S/C22H42N2O7S/c1-23-22(28)19(18-32(29,30)31)24-20(25)16-14-12-10-8-6-4-2-3-5-7-9-11-13-15-17-21(26)27/h19H,2-18H2,1H3,(H,23,28)(H,24,25)(H,26,27)(H,29,30,31). The zero-order chi connectivity index (χ0) is 24.2. The SMILES string of the molecule is CNC(=O)C(CS(=O)(=O)O)NC(=O)CCCCCCCCCCCCCCCCC(=O)O. The summed E-state index contributed by atoms with van der Waals surface area (Å²) in [5, 5.41) is 13.2. The number of nitrogens with one attached hydrogen (secondary N) is 2. The lowest BCUT2D eigenvalue weighted by Gasteiger charge is -2.15. The Kier molecular flexibility index (Phi) is 17.9. The van der Waals surface area contributed by atoms with E-state index in [1.54, 1.807) is 0 Å². The van der Waals surface area contributed by atoms with Gasteiger partial charge < -0.3 is 15.7 Å². The van der Waals surface area contributed by atoms with Crippen LogP contribution in [0.1, 0.15) is 103 Å². The molecule has 0 aromatic rings. The van der Waals surface area contributed by atoms with E-state index in [1.807, 2.05) is 0 Å². The molecule has 0 heterocycles. The van der Waals surface area contributed by atoms with E-state index in [4.69, 9.17) is 9.66 Å². The van der Waals surface area contributed by atoms with Crippen LogP contribution in [0.4, 0.5) is 0 Å². The van der Waals surface area contributed by atoms with E-state index in [-0.39, 0.29) is 12.8 Å². The second kappa shape index (κ2) is 18.8. The maximum absolute atomic E-state index is 11.9. The van der Waals surface area contributed by atoms with Crippen molar-refractivity contribution in [3.8, 4) is 0 Å². The Hall–Kier alpha value is -1.68. The van der Waals surface area contributed by atoms with E-state index in [0.717, 1.165) is 38.5 Å². The number of aliphatic carboxylic acids is 1. The number of likely N-dealkylation sites (N-methyl/N-ethyl adjacent to an activating group) is 1. The van der Waals surface area contributed by atoms with Crippen molar-refractivity contribution in [2.45, 2.75) is 109 Å². The number of rotatable bonds is 21. The lowest BCUT2D eigenvalue weighted by atomic mass is 10.0. The molecule has 0 bridgehead atoms. The van der Waals surface area contributed by atoms with Crippen LogP contribution in [0.5, 0.6) is 0 Å². The quantitative estimate of drug-likeness (QED) is 0.146. The van der Waals surface area contributed by atoms with E-state index in [9.17, 15) is 22.8 Å².